The molecule has 2 aliphatic rings. The number of rotatable bonds is 1. The maximum Gasteiger partial charge on any atom is 0.309 e. The van der Waals surface area contributed by atoms with Gasteiger partial charge in [-0.3, -0.25) is 4.79 Å². The molecule has 0 spiro atoms. The first-order valence-corrected chi connectivity index (χ1v) is 5.39. The molecule has 3 heteroatoms. The standard InChI is InChI=1S/C11H18O3/c1-10(14)5-8-3-2-4-11(6-8,7-10)9(12)13/h8,14H,2-7H2,1H3,(H,12,13). The topological polar surface area (TPSA) is 57.5 Å². The maximum absolute atomic E-state index is 11.3. The smallest absolute Gasteiger partial charge is 0.309 e. The number of carbonyl (C=O) groups is 1. The van der Waals surface area contributed by atoms with Gasteiger partial charge in [-0.15, -0.1) is 0 Å². The van der Waals surface area contributed by atoms with Gasteiger partial charge in [0, 0.05) is 0 Å². The molecule has 2 aliphatic carbocycles. The van der Waals surface area contributed by atoms with Crippen LogP contribution in [0.15, 0.2) is 0 Å². The van der Waals surface area contributed by atoms with E-state index in [0.717, 1.165) is 32.1 Å². The summed E-state index contributed by atoms with van der Waals surface area (Å²) in [7, 11) is 0. The van der Waals surface area contributed by atoms with Crippen LogP contribution in [0.3, 0.4) is 0 Å². The zero-order chi connectivity index (χ0) is 10.4. The molecule has 2 fully saturated rings. The zero-order valence-corrected chi connectivity index (χ0v) is 8.62. The summed E-state index contributed by atoms with van der Waals surface area (Å²) in [6.45, 7) is 1.78. The largest absolute Gasteiger partial charge is 0.481 e. The molecule has 0 radical (unpaired) electrons. The Balaban J connectivity index is 2.26. The van der Waals surface area contributed by atoms with Crippen LogP contribution >= 0.6 is 0 Å². The van der Waals surface area contributed by atoms with E-state index in [4.69, 9.17) is 0 Å². The number of aliphatic hydroxyl groups is 1. The minimum Gasteiger partial charge on any atom is -0.481 e. The van der Waals surface area contributed by atoms with E-state index in [-0.39, 0.29) is 0 Å². The van der Waals surface area contributed by atoms with Crippen molar-refractivity contribution in [2.24, 2.45) is 11.3 Å². The molecule has 80 valence electrons. The highest BCUT2D eigenvalue weighted by molar-refractivity contribution is 5.75. The van der Waals surface area contributed by atoms with E-state index in [1.165, 1.54) is 0 Å². The molecular weight excluding hydrogens is 180 g/mol. The van der Waals surface area contributed by atoms with E-state index in [1.807, 2.05) is 0 Å². The van der Waals surface area contributed by atoms with E-state index >= 15 is 0 Å². The molecule has 0 aromatic rings. The van der Waals surface area contributed by atoms with Crippen LogP contribution in [-0.2, 0) is 4.79 Å². The molecule has 3 unspecified atom stereocenters. The van der Waals surface area contributed by atoms with Crippen LogP contribution in [0.2, 0.25) is 0 Å². The van der Waals surface area contributed by atoms with Gasteiger partial charge in [0.1, 0.15) is 0 Å². The Kier molecular flexibility index (Phi) is 2.11. The Morgan fingerprint density at radius 2 is 2.14 bits per heavy atom. The lowest BCUT2D eigenvalue weighted by Gasteiger charge is -2.48. The quantitative estimate of drug-likeness (QED) is 0.675. The van der Waals surface area contributed by atoms with Crippen LogP contribution in [0.4, 0.5) is 0 Å². The summed E-state index contributed by atoms with van der Waals surface area (Å²) < 4.78 is 0. The molecule has 0 aromatic carbocycles. The van der Waals surface area contributed by atoms with Crippen LogP contribution in [0.25, 0.3) is 0 Å². The van der Waals surface area contributed by atoms with Crippen LogP contribution in [0.1, 0.15) is 45.4 Å². The van der Waals surface area contributed by atoms with Crippen molar-refractivity contribution in [2.45, 2.75) is 51.0 Å². The molecule has 0 heterocycles. The normalized spacial score (nSPS) is 47.4. The third kappa shape index (κ3) is 1.54. The Morgan fingerprint density at radius 1 is 1.43 bits per heavy atom. The molecule has 0 aliphatic heterocycles. The SMILES string of the molecule is CC1(O)CC2CCCC(C(=O)O)(C2)C1. The number of carboxylic acid groups (broad SMARTS) is 1. The van der Waals surface area contributed by atoms with Crippen molar-refractivity contribution in [1.29, 1.82) is 0 Å². The Morgan fingerprint density at radius 3 is 2.79 bits per heavy atom. The van der Waals surface area contributed by atoms with Crippen LogP contribution < -0.4 is 0 Å². The summed E-state index contributed by atoms with van der Waals surface area (Å²) in [4.78, 5) is 11.3. The monoisotopic (exact) mass is 198 g/mol. The minimum absolute atomic E-state index is 0.420. The van der Waals surface area contributed by atoms with Crippen molar-refractivity contribution in [1.82, 2.24) is 0 Å². The Labute approximate surface area is 84.1 Å². The van der Waals surface area contributed by atoms with Crippen LogP contribution in [0.5, 0.6) is 0 Å². The molecule has 14 heavy (non-hydrogen) atoms. The third-order valence-corrected chi connectivity index (χ3v) is 3.85. The van der Waals surface area contributed by atoms with Crippen molar-refractivity contribution in [3.05, 3.63) is 0 Å². The summed E-state index contributed by atoms with van der Waals surface area (Å²) in [5.74, 6) is -0.286. The van der Waals surface area contributed by atoms with E-state index in [0.29, 0.717) is 12.3 Å². The highest BCUT2D eigenvalue weighted by Gasteiger charge is 2.51. The van der Waals surface area contributed by atoms with Crippen molar-refractivity contribution >= 4 is 5.97 Å². The first kappa shape index (κ1) is 9.97. The van der Waals surface area contributed by atoms with Gasteiger partial charge in [-0.25, -0.2) is 0 Å². The molecular formula is C11H18O3. The van der Waals surface area contributed by atoms with E-state index in [1.54, 1.807) is 6.92 Å². The van der Waals surface area contributed by atoms with Gasteiger partial charge >= 0.3 is 5.97 Å². The second-order valence-electron chi connectivity index (χ2n) is 5.43. The average molecular weight is 198 g/mol. The summed E-state index contributed by atoms with van der Waals surface area (Å²) >= 11 is 0. The third-order valence-electron chi connectivity index (χ3n) is 3.85. The fourth-order valence-corrected chi connectivity index (χ4v) is 3.51. The van der Waals surface area contributed by atoms with Gasteiger partial charge in [0.15, 0.2) is 0 Å². The van der Waals surface area contributed by atoms with Gasteiger partial charge in [0.25, 0.3) is 0 Å². The molecule has 2 bridgehead atoms. The van der Waals surface area contributed by atoms with Gasteiger partial charge in [0.05, 0.1) is 11.0 Å². The number of hydrogen-bond donors (Lipinski definition) is 2. The fourth-order valence-electron chi connectivity index (χ4n) is 3.51. The molecule has 0 saturated heterocycles. The Bertz CT molecular complexity index is 259. The van der Waals surface area contributed by atoms with Crippen molar-refractivity contribution in [3.63, 3.8) is 0 Å². The van der Waals surface area contributed by atoms with Crippen LogP contribution in [0, 0.1) is 11.3 Å². The molecule has 2 rings (SSSR count). The lowest BCUT2D eigenvalue weighted by atomic mass is 9.58. The highest BCUT2D eigenvalue weighted by atomic mass is 16.4. The lowest BCUT2D eigenvalue weighted by Crippen LogP contribution is -2.49. The van der Waals surface area contributed by atoms with Gasteiger partial charge in [-0.2, -0.15) is 0 Å². The predicted octanol–water partition coefficient (Wildman–Crippen LogP) is 1.79. The van der Waals surface area contributed by atoms with Gasteiger partial charge < -0.3 is 10.2 Å². The molecule has 2 N–H and O–H groups in total. The highest BCUT2D eigenvalue weighted by Crippen LogP contribution is 2.52. The lowest BCUT2D eigenvalue weighted by molar-refractivity contribution is -0.165. The molecule has 0 aromatic heterocycles. The molecule has 2 saturated carbocycles. The summed E-state index contributed by atoms with van der Waals surface area (Å²) in [6, 6.07) is 0. The van der Waals surface area contributed by atoms with Gasteiger partial charge in [-0.05, 0) is 38.5 Å². The summed E-state index contributed by atoms with van der Waals surface area (Å²) in [6.07, 6.45) is 4.83. The molecule has 0 amide bonds. The maximum atomic E-state index is 11.3. The van der Waals surface area contributed by atoms with Crippen molar-refractivity contribution in [3.8, 4) is 0 Å². The van der Waals surface area contributed by atoms with Gasteiger partial charge in [-0.1, -0.05) is 12.8 Å². The summed E-state index contributed by atoms with van der Waals surface area (Å²) in [5, 5.41) is 19.3. The number of aliphatic carboxylic acids is 1. The first-order chi connectivity index (χ1) is 6.44. The Hall–Kier alpha value is -0.570. The second-order valence-corrected chi connectivity index (χ2v) is 5.43. The summed E-state index contributed by atoms with van der Waals surface area (Å²) in [5.41, 5.74) is -1.38. The second kappa shape index (κ2) is 2.96. The molecule has 3 nitrogen and oxygen atoms in total. The number of hydrogen-bond acceptors (Lipinski definition) is 2. The van der Waals surface area contributed by atoms with E-state index in [2.05, 4.69) is 0 Å². The first-order valence-electron chi connectivity index (χ1n) is 5.39. The zero-order valence-electron chi connectivity index (χ0n) is 8.62. The predicted molar refractivity (Wildman–Crippen MR) is 51.9 cm³/mol. The van der Waals surface area contributed by atoms with Crippen LogP contribution in [-0.4, -0.2) is 21.8 Å². The van der Waals surface area contributed by atoms with Crippen molar-refractivity contribution in [2.75, 3.05) is 0 Å². The van der Waals surface area contributed by atoms with E-state index in [9.17, 15) is 15.0 Å². The fraction of sp³-hybridized carbons (Fsp3) is 0.909. The van der Waals surface area contributed by atoms with Gasteiger partial charge in [0.2, 0.25) is 0 Å². The van der Waals surface area contributed by atoms with Crippen molar-refractivity contribution < 1.29 is 15.0 Å². The average Bonchev–Trinajstić information content (AvgIpc) is 2.00. The minimum atomic E-state index is -0.762. The molecule has 3 atom stereocenters. The number of carboxylic acids is 1. The number of fused-ring (bicyclic) bond motifs is 2. The van der Waals surface area contributed by atoms with E-state index < -0.39 is 17.0 Å².